The molecule has 0 saturated heterocycles. The lowest BCUT2D eigenvalue weighted by molar-refractivity contribution is -0.141. The van der Waals surface area contributed by atoms with Gasteiger partial charge in [0.25, 0.3) is 0 Å². The van der Waals surface area contributed by atoms with Crippen LogP contribution < -0.4 is 5.32 Å². The van der Waals surface area contributed by atoms with E-state index < -0.39 is 11.9 Å². The minimum Gasteiger partial charge on any atom is -0.309 e. The number of rotatable bonds is 5. The molecule has 172 valence electrons. The van der Waals surface area contributed by atoms with E-state index in [9.17, 15) is 18.0 Å². The average Bonchev–Trinajstić information content (AvgIpc) is 3.07. The van der Waals surface area contributed by atoms with E-state index >= 15 is 0 Å². The first-order valence-corrected chi connectivity index (χ1v) is 11.9. The summed E-state index contributed by atoms with van der Waals surface area (Å²) < 4.78 is 40.6. The SMILES string of the molecule is Cc1nn(CC(=O)Nc2ccc(C3=CCPCC3)cn2)c(C)c1-c1ccnc(C(F)(F)F)c1. The Morgan fingerprint density at radius 3 is 2.67 bits per heavy atom. The molecule has 10 heteroatoms. The van der Waals surface area contributed by atoms with Gasteiger partial charge in [-0.3, -0.25) is 14.5 Å². The number of hydrogen-bond acceptors (Lipinski definition) is 4. The lowest BCUT2D eigenvalue weighted by Gasteiger charge is -2.13. The van der Waals surface area contributed by atoms with Crippen molar-refractivity contribution in [2.24, 2.45) is 0 Å². The number of allylic oxidation sites excluding steroid dienone is 2. The van der Waals surface area contributed by atoms with Gasteiger partial charge in [-0.25, -0.2) is 4.98 Å². The third-order valence-corrected chi connectivity index (χ3v) is 6.58. The number of carbonyl (C=O) groups is 1. The van der Waals surface area contributed by atoms with Crippen LogP contribution in [0.25, 0.3) is 16.7 Å². The molecule has 0 radical (unpaired) electrons. The van der Waals surface area contributed by atoms with Gasteiger partial charge in [0, 0.05) is 23.7 Å². The summed E-state index contributed by atoms with van der Waals surface area (Å²) in [4.78, 5) is 20.3. The number of hydrogen-bond donors (Lipinski definition) is 1. The lowest BCUT2D eigenvalue weighted by atomic mass is 10.0. The van der Waals surface area contributed by atoms with Gasteiger partial charge in [-0.2, -0.15) is 18.3 Å². The smallest absolute Gasteiger partial charge is 0.309 e. The second-order valence-corrected chi connectivity index (χ2v) is 9.20. The number of pyridine rings is 2. The molecule has 1 aliphatic heterocycles. The summed E-state index contributed by atoms with van der Waals surface area (Å²) in [6.45, 7) is 3.34. The van der Waals surface area contributed by atoms with E-state index in [0.29, 0.717) is 28.3 Å². The average molecular weight is 473 g/mol. The van der Waals surface area contributed by atoms with Crippen LogP contribution in [0.1, 0.15) is 29.1 Å². The third-order valence-electron chi connectivity index (χ3n) is 5.48. The quantitative estimate of drug-likeness (QED) is 0.525. The molecule has 6 nitrogen and oxygen atoms in total. The van der Waals surface area contributed by atoms with E-state index in [0.717, 1.165) is 39.0 Å². The molecular formula is C23H23F3N5OP. The first-order valence-electron chi connectivity index (χ1n) is 10.5. The van der Waals surface area contributed by atoms with Crippen molar-refractivity contribution >= 4 is 25.9 Å². The van der Waals surface area contributed by atoms with E-state index in [2.05, 4.69) is 26.5 Å². The highest BCUT2D eigenvalue weighted by Gasteiger charge is 2.33. The number of nitrogens with zero attached hydrogens (tertiary/aromatic N) is 4. The predicted molar refractivity (Wildman–Crippen MR) is 123 cm³/mol. The second-order valence-electron chi connectivity index (χ2n) is 7.79. The topological polar surface area (TPSA) is 72.7 Å². The van der Waals surface area contributed by atoms with E-state index in [1.807, 2.05) is 6.07 Å². The maximum Gasteiger partial charge on any atom is 0.433 e. The van der Waals surface area contributed by atoms with Gasteiger partial charge < -0.3 is 5.32 Å². The largest absolute Gasteiger partial charge is 0.433 e. The van der Waals surface area contributed by atoms with Gasteiger partial charge in [0.2, 0.25) is 5.91 Å². The minimum atomic E-state index is -4.54. The summed E-state index contributed by atoms with van der Waals surface area (Å²) in [5, 5.41) is 7.12. The van der Waals surface area contributed by atoms with Crippen LogP contribution in [-0.4, -0.2) is 38.0 Å². The Morgan fingerprint density at radius 2 is 2.00 bits per heavy atom. The van der Waals surface area contributed by atoms with Gasteiger partial charge in [0.1, 0.15) is 18.1 Å². The highest BCUT2D eigenvalue weighted by atomic mass is 31.1. The van der Waals surface area contributed by atoms with E-state index in [-0.39, 0.29) is 12.5 Å². The molecule has 0 aliphatic carbocycles. The number of aromatic nitrogens is 4. The summed E-state index contributed by atoms with van der Waals surface area (Å²) in [5.41, 5.74) is 3.42. The highest BCUT2D eigenvalue weighted by Crippen LogP contribution is 2.33. The number of alkyl halides is 3. The lowest BCUT2D eigenvalue weighted by Crippen LogP contribution is -2.21. The van der Waals surface area contributed by atoms with E-state index in [4.69, 9.17) is 0 Å². The van der Waals surface area contributed by atoms with Crippen molar-refractivity contribution in [1.82, 2.24) is 19.7 Å². The minimum absolute atomic E-state index is 0.0839. The second kappa shape index (κ2) is 9.43. The molecule has 3 aromatic rings. The number of amides is 1. The fourth-order valence-electron chi connectivity index (χ4n) is 3.87. The summed E-state index contributed by atoms with van der Waals surface area (Å²) in [5.74, 6) is 0.115. The fraction of sp³-hybridized carbons (Fsp3) is 0.304. The summed E-state index contributed by atoms with van der Waals surface area (Å²) in [6, 6.07) is 6.22. The Bertz CT molecular complexity index is 1200. The standard InChI is InChI=1S/C23H23F3N5OP/c1-14-22(17-5-8-27-19(11-17)23(24,25)26)15(2)31(30-14)13-21(32)29-20-4-3-18(12-28-20)16-6-9-33-10-7-16/h3-6,8,11-12,33H,7,9-10,13H2,1-2H3,(H,28,29,32). The number of aryl methyl sites for hydroxylation is 1. The molecule has 0 fully saturated rings. The Balaban J connectivity index is 1.48. The Kier molecular flexibility index (Phi) is 6.61. The van der Waals surface area contributed by atoms with Crippen LogP contribution in [0.3, 0.4) is 0 Å². The number of anilines is 1. The molecular weight excluding hydrogens is 450 g/mol. The van der Waals surface area contributed by atoms with Gasteiger partial charge in [0.15, 0.2) is 0 Å². The monoisotopic (exact) mass is 473 g/mol. The van der Waals surface area contributed by atoms with Crippen LogP contribution in [0.2, 0.25) is 0 Å². The van der Waals surface area contributed by atoms with Crippen molar-refractivity contribution in [3.05, 3.63) is 65.4 Å². The Hall–Kier alpha value is -3.06. The van der Waals surface area contributed by atoms with Gasteiger partial charge in [-0.15, -0.1) is 8.58 Å². The molecule has 1 N–H and O–H groups in total. The number of halogens is 3. The van der Waals surface area contributed by atoms with Crippen molar-refractivity contribution in [1.29, 1.82) is 0 Å². The normalized spacial score (nSPS) is 14.9. The van der Waals surface area contributed by atoms with Gasteiger partial charge in [-0.05, 0) is 73.6 Å². The molecule has 0 bridgehead atoms. The van der Waals surface area contributed by atoms with Crippen LogP contribution in [0.4, 0.5) is 19.0 Å². The zero-order chi connectivity index (χ0) is 23.6. The van der Waals surface area contributed by atoms with Crippen molar-refractivity contribution in [3.8, 4) is 11.1 Å². The van der Waals surface area contributed by atoms with Crippen LogP contribution >= 0.6 is 8.58 Å². The number of nitrogens with one attached hydrogen (secondary N) is 1. The zero-order valence-electron chi connectivity index (χ0n) is 18.2. The van der Waals surface area contributed by atoms with Crippen molar-refractivity contribution in [3.63, 3.8) is 0 Å². The molecule has 4 rings (SSSR count). The maximum absolute atomic E-state index is 13.1. The first-order chi connectivity index (χ1) is 15.7. The van der Waals surface area contributed by atoms with Crippen LogP contribution in [-0.2, 0) is 17.5 Å². The first kappa shape index (κ1) is 23.1. The molecule has 3 aromatic heterocycles. The molecule has 0 spiro atoms. The molecule has 33 heavy (non-hydrogen) atoms. The van der Waals surface area contributed by atoms with Crippen molar-refractivity contribution in [2.45, 2.75) is 33.0 Å². The Labute approximate surface area is 191 Å². The zero-order valence-corrected chi connectivity index (χ0v) is 19.2. The maximum atomic E-state index is 13.1. The molecule has 1 atom stereocenters. The fourth-order valence-corrected chi connectivity index (χ4v) is 4.91. The van der Waals surface area contributed by atoms with Crippen LogP contribution in [0, 0.1) is 13.8 Å². The van der Waals surface area contributed by atoms with Crippen molar-refractivity contribution < 1.29 is 18.0 Å². The van der Waals surface area contributed by atoms with Gasteiger partial charge in [-0.1, -0.05) is 6.08 Å². The van der Waals surface area contributed by atoms with Crippen LogP contribution in [0.5, 0.6) is 0 Å². The third kappa shape index (κ3) is 5.30. The molecule has 4 heterocycles. The number of carbonyl (C=O) groups excluding carboxylic acids is 1. The highest BCUT2D eigenvalue weighted by molar-refractivity contribution is 7.38. The van der Waals surface area contributed by atoms with E-state index in [1.165, 1.54) is 22.5 Å². The molecule has 1 unspecified atom stereocenters. The van der Waals surface area contributed by atoms with Crippen molar-refractivity contribution in [2.75, 3.05) is 17.6 Å². The van der Waals surface area contributed by atoms with Gasteiger partial charge >= 0.3 is 6.18 Å². The molecule has 0 aromatic carbocycles. The van der Waals surface area contributed by atoms with Gasteiger partial charge in [0.05, 0.1) is 5.69 Å². The molecule has 1 amide bonds. The summed E-state index contributed by atoms with van der Waals surface area (Å²) >= 11 is 0. The Morgan fingerprint density at radius 1 is 1.18 bits per heavy atom. The van der Waals surface area contributed by atoms with Crippen LogP contribution in [0.15, 0.2) is 42.7 Å². The molecule has 0 saturated carbocycles. The summed E-state index contributed by atoms with van der Waals surface area (Å²) in [7, 11) is 0.985. The predicted octanol–water partition coefficient (Wildman–Crippen LogP) is 5.08. The summed E-state index contributed by atoms with van der Waals surface area (Å²) in [6.07, 6.45) is 3.96. The molecule has 1 aliphatic rings. The van der Waals surface area contributed by atoms with E-state index in [1.54, 1.807) is 26.1 Å².